The topological polar surface area (TPSA) is 26.3 Å². The summed E-state index contributed by atoms with van der Waals surface area (Å²) in [6, 6.07) is 8.34. The standard InChI is InChI=1S/C14H18O2/c1-4-11-5-7-12(8-6-11)14(9-10(14)2)13(15)16-3/h5-8,10H,4,9H2,1-3H3. The van der Waals surface area contributed by atoms with Crippen LogP contribution in [-0.4, -0.2) is 13.1 Å². The van der Waals surface area contributed by atoms with Crippen molar-refractivity contribution in [1.29, 1.82) is 0 Å². The van der Waals surface area contributed by atoms with Crippen LogP contribution in [0.2, 0.25) is 0 Å². The summed E-state index contributed by atoms with van der Waals surface area (Å²) in [5, 5.41) is 0. The van der Waals surface area contributed by atoms with Crippen molar-refractivity contribution in [2.45, 2.75) is 32.1 Å². The fourth-order valence-corrected chi connectivity index (χ4v) is 2.45. The fraction of sp³-hybridized carbons (Fsp3) is 0.500. The van der Waals surface area contributed by atoms with Crippen molar-refractivity contribution < 1.29 is 9.53 Å². The van der Waals surface area contributed by atoms with Crippen molar-refractivity contribution in [3.8, 4) is 0 Å². The first-order chi connectivity index (χ1) is 7.65. The van der Waals surface area contributed by atoms with Gasteiger partial charge in [-0.05, 0) is 29.9 Å². The molecule has 2 unspecified atom stereocenters. The molecule has 86 valence electrons. The van der Waals surface area contributed by atoms with Gasteiger partial charge in [-0.1, -0.05) is 38.1 Å². The van der Waals surface area contributed by atoms with Crippen LogP contribution in [0.3, 0.4) is 0 Å². The van der Waals surface area contributed by atoms with E-state index in [4.69, 9.17) is 4.74 Å². The number of hydrogen-bond donors (Lipinski definition) is 0. The Kier molecular flexibility index (Phi) is 2.75. The Hall–Kier alpha value is -1.31. The van der Waals surface area contributed by atoms with E-state index in [1.807, 2.05) is 0 Å². The molecule has 2 rings (SSSR count). The van der Waals surface area contributed by atoms with Crippen LogP contribution in [0.15, 0.2) is 24.3 Å². The lowest BCUT2D eigenvalue weighted by Gasteiger charge is -2.14. The number of carbonyl (C=O) groups excluding carboxylic acids is 1. The van der Waals surface area contributed by atoms with Gasteiger partial charge in [-0.2, -0.15) is 0 Å². The zero-order valence-electron chi connectivity index (χ0n) is 10.1. The zero-order chi connectivity index (χ0) is 11.8. The summed E-state index contributed by atoms with van der Waals surface area (Å²) in [4.78, 5) is 11.8. The first-order valence-corrected chi connectivity index (χ1v) is 5.83. The van der Waals surface area contributed by atoms with E-state index in [2.05, 4.69) is 38.1 Å². The van der Waals surface area contributed by atoms with E-state index in [0.717, 1.165) is 18.4 Å². The molecular formula is C14H18O2. The number of rotatable bonds is 3. The summed E-state index contributed by atoms with van der Waals surface area (Å²) in [7, 11) is 1.47. The van der Waals surface area contributed by atoms with E-state index >= 15 is 0 Å². The maximum atomic E-state index is 11.8. The molecule has 2 heteroatoms. The molecule has 1 fully saturated rings. The van der Waals surface area contributed by atoms with Gasteiger partial charge in [0.15, 0.2) is 0 Å². The van der Waals surface area contributed by atoms with E-state index in [-0.39, 0.29) is 11.4 Å². The molecule has 0 bridgehead atoms. The number of methoxy groups -OCH3 is 1. The van der Waals surface area contributed by atoms with Gasteiger partial charge in [0.2, 0.25) is 0 Å². The van der Waals surface area contributed by atoms with Gasteiger partial charge in [-0.25, -0.2) is 0 Å². The molecule has 0 amide bonds. The summed E-state index contributed by atoms with van der Waals surface area (Å²) < 4.78 is 4.92. The number of hydrogen-bond acceptors (Lipinski definition) is 2. The molecule has 1 aliphatic rings. The Bertz CT molecular complexity index is 394. The predicted octanol–water partition coefficient (Wildman–Crippen LogP) is 2.70. The monoisotopic (exact) mass is 218 g/mol. The molecule has 0 N–H and O–H groups in total. The fourth-order valence-electron chi connectivity index (χ4n) is 2.45. The molecule has 0 heterocycles. The van der Waals surface area contributed by atoms with Crippen LogP contribution in [0.4, 0.5) is 0 Å². The van der Waals surface area contributed by atoms with Gasteiger partial charge in [0.25, 0.3) is 0 Å². The zero-order valence-corrected chi connectivity index (χ0v) is 10.1. The Morgan fingerprint density at radius 2 is 2.00 bits per heavy atom. The van der Waals surface area contributed by atoms with Gasteiger partial charge in [0.1, 0.15) is 0 Å². The van der Waals surface area contributed by atoms with Crippen LogP contribution in [0.1, 0.15) is 31.4 Å². The molecule has 16 heavy (non-hydrogen) atoms. The minimum Gasteiger partial charge on any atom is -0.468 e. The average Bonchev–Trinajstić information content (AvgIpc) is 3.01. The smallest absolute Gasteiger partial charge is 0.316 e. The van der Waals surface area contributed by atoms with E-state index in [1.54, 1.807) is 0 Å². The second-order valence-electron chi connectivity index (χ2n) is 4.62. The molecule has 0 aromatic heterocycles. The molecule has 2 atom stereocenters. The number of esters is 1. The van der Waals surface area contributed by atoms with E-state index in [0.29, 0.717) is 5.92 Å². The third-order valence-electron chi connectivity index (χ3n) is 3.74. The lowest BCUT2D eigenvalue weighted by Crippen LogP contribution is -2.24. The Labute approximate surface area is 96.6 Å². The van der Waals surface area contributed by atoms with Crippen molar-refractivity contribution >= 4 is 5.97 Å². The Balaban J connectivity index is 2.31. The normalized spacial score (nSPS) is 27.6. The van der Waals surface area contributed by atoms with Crippen molar-refractivity contribution in [3.63, 3.8) is 0 Å². The van der Waals surface area contributed by atoms with Crippen LogP contribution in [0, 0.1) is 5.92 Å². The number of carbonyl (C=O) groups is 1. The van der Waals surface area contributed by atoms with Gasteiger partial charge in [-0.15, -0.1) is 0 Å². The molecule has 1 aromatic carbocycles. The molecular weight excluding hydrogens is 200 g/mol. The third kappa shape index (κ3) is 1.53. The average molecular weight is 218 g/mol. The van der Waals surface area contributed by atoms with Crippen LogP contribution < -0.4 is 0 Å². The summed E-state index contributed by atoms with van der Waals surface area (Å²) in [5.74, 6) is 0.302. The molecule has 2 nitrogen and oxygen atoms in total. The van der Waals surface area contributed by atoms with Crippen molar-refractivity contribution in [3.05, 3.63) is 35.4 Å². The Morgan fingerprint density at radius 1 is 1.44 bits per heavy atom. The molecule has 1 aromatic rings. The lowest BCUT2D eigenvalue weighted by molar-refractivity contribution is -0.144. The highest BCUT2D eigenvalue weighted by molar-refractivity contribution is 5.87. The Morgan fingerprint density at radius 3 is 2.38 bits per heavy atom. The van der Waals surface area contributed by atoms with Gasteiger partial charge >= 0.3 is 5.97 Å². The van der Waals surface area contributed by atoms with Crippen LogP contribution >= 0.6 is 0 Å². The highest BCUT2D eigenvalue weighted by Crippen LogP contribution is 2.54. The maximum Gasteiger partial charge on any atom is 0.316 e. The second-order valence-corrected chi connectivity index (χ2v) is 4.62. The number of aryl methyl sites for hydroxylation is 1. The first kappa shape index (κ1) is 11.2. The highest BCUT2D eigenvalue weighted by atomic mass is 16.5. The first-order valence-electron chi connectivity index (χ1n) is 5.83. The largest absolute Gasteiger partial charge is 0.468 e. The minimum absolute atomic E-state index is 0.0933. The highest BCUT2D eigenvalue weighted by Gasteiger charge is 2.59. The molecule has 0 radical (unpaired) electrons. The van der Waals surface area contributed by atoms with E-state index in [1.165, 1.54) is 12.7 Å². The lowest BCUT2D eigenvalue weighted by atomic mass is 9.92. The van der Waals surface area contributed by atoms with Crippen LogP contribution in [0.25, 0.3) is 0 Å². The molecule has 0 spiro atoms. The molecule has 1 saturated carbocycles. The molecule has 1 aliphatic carbocycles. The van der Waals surface area contributed by atoms with Gasteiger partial charge in [-0.3, -0.25) is 4.79 Å². The van der Waals surface area contributed by atoms with Crippen LogP contribution in [-0.2, 0) is 21.4 Å². The van der Waals surface area contributed by atoms with E-state index in [9.17, 15) is 4.79 Å². The van der Waals surface area contributed by atoms with Crippen molar-refractivity contribution in [2.24, 2.45) is 5.92 Å². The SMILES string of the molecule is CCc1ccc(C2(C(=O)OC)CC2C)cc1. The van der Waals surface area contributed by atoms with Gasteiger partial charge in [0.05, 0.1) is 12.5 Å². The minimum atomic E-state index is -0.360. The summed E-state index contributed by atoms with van der Waals surface area (Å²) >= 11 is 0. The maximum absolute atomic E-state index is 11.8. The number of benzene rings is 1. The summed E-state index contributed by atoms with van der Waals surface area (Å²) in [5.41, 5.74) is 2.04. The van der Waals surface area contributed by atoms with Gasteiger partial charge < -0.3 is 4.74 Å². The molecule has 0 saturated heterocycles. The van der Waals surface area contributed by atoms with Crippen molar-refractivity contribution in [1.82, 2.24) is 0 Å². The quantitative estimate of drug-likeness (QED) is 0.729. The molecule has 0 aliphatic heterocycles. The predicted molar refractivity (Wildman–Crippen MR) is 63.3 cm³/mol. The summed E-state index contributed by atoms with van der Waals surface area (Å²) in [6.45, 7) is 4.23. The van der Waals surface area contributed by atoms with Crippen molar-refractivity contribution in [2.75, 3.05) is 7.11 Å². The third-order valence-corrected chi connectivity index (χ3v) is 3.74. The van der Waals surface area contributed by atoms with Crippen LogP contribution in [0.5, 0.6) is 0 Å². The van der Waals surface area contributed by atoms with E-state index < -0.39 is 0 Å². The summed E-state index contributed by atoms with van der Waals surface area (Å²) in [6.07, 6.45) is 1.94. The number of ether oxygens (including phenoxy) is 1. The van der Waals surface area contributed by atoms with Gasteiger partial charge in [0, 0.05) is 0 Å². The second kappa shape index (κ2) is 3.93.